The molecule has 0 fully saturated rings. The number of ether oxygens (including phenoxy) is 3. The van der Waals surface area contributed by atoms with E-state index in [-0.39, 0.29) is 36.9 Å². The average molecular weight is 598 g/mol. The Kier molecular flexibility index (Phi) is 11.2. The Morgan fingerprint density at radius 1 is 0.690 bits per heavy atom. The number of rotatable bonds is 11. The Hall–Kier alpha value is -4.75. The molecule has 0 heterocycles. The summed E-state index contributed by atoms with van der Waals surface area (Å²) in [5.41, 5.74) is 1.86. The van der Waals surface area contributed by atoms with Gasteiger partial charge in [-0.25, -0.2) is 18.0 Å². The molecule has 0 atom stereocenters. The number of benzene rings is 3. The van der Waals surface area contributed by atoms with Crippen molar-refractivity contribution < 1.29 is 41.8 Å². The number of carbonyl (C=O) groups excluding carboxylic acids is 4. The molecular weight excluding hydrogens is 566 g/mol. The van der Waals surface area contributed by atoms with Crippen molar-refractivity contribution in [1.82, 2.24) is 4.31 Å². The molecule has 12 nitrogen and oxygen atoms in total. The Bertz CT molecular complexity index is 1450. The molecule has 2 amide bonds. The van der Waals surface area contributed by atoms with E-state index in [1.54, 1.807) is 80.6 Å². The summed E-state index contributed by atoms with van der Waals surface area (Å²) in [6, 6.07) is 18.9. The smallest absolute Gasteiger partial charge is 0.397 e. The highest BCUT2D eigenvalue weighted by molar-refractivity contribution is 7.89. The number of nitrogens with one attached hydrogen (secondary N) is 2. The van der Waals surface area contributed by atoms with Gasteiger partial charge in [0.15, 0.2) is 0 Å². The molecule has 0 aliphatic rings. The molecule has 0 aliphatic heterocycles. The van der Waals surface area contributed by atoms with Crippen LogP contribution in [-0.4, -0.2) is 56.8 Å². The molecule has 3 aromatic carbocycles. The van der Waals surface area contributed by atoms with E-state index in [4.69, 9.17) is 4.74 Å². The van der Waals surface area contributed by atoms with Crippen LogP contribution in [0.15, 0.2) is 77.7 Å². The minimum Gasteiger partial charge on any atom is -0.495 e. The first kappa shape index (κ1) is 31.8. The van der Waals surface area contributed by atoms with Crippen molar-refractivity contribution >= 4 is 45.2 Å². The molecule has 0 unspecified atom stereocenters. The number of para-hydroxylation sites is 1. The molecule has 13 heteroatoms. The van der Waals surface area contributed by atoms with Gasteiger partial charge in [-0.2, -0.15) is 4.31 Å². The van der Waals surface area contributed by atoms with E-state index < -0.39 is 33.8 Å². The molecule has 0 saturated heterocycles. The van der Waals surface area contributed by atoms with E-state index in [0.29, 0.717) is 22.5 Å². The van der Waals surface area contributed by atoms with E-state index in [2.05, 4.69) is 20.1 Å². The molecule has 0 spiro atoms. The summed E-state index contributed by atoms with van der Waals surface area (Å²) in [6.07, 6.45) is 0. The second-order valence-corrected chi connectivity index (χ2v) is 10.6. The highest BCUT2D eigenvalue weighted by Crippen LogP contribution is 2.29. The summed E-state index contributed by atoms with van der Waals surface area (Å²) in [6.45, 7) is 3.20. The fraction of sp³-hybridized carbons (Fsp3) is 0.241. The SMILES string of the molecule is CCOC(=O)C(=O)Nc1ccc(CN(Cc2ccc(NC(=O)C(=O)OCC)cc2)S(=O)(=O)c2ccccc2OC)cc1. The van der Waals surface area contributed by atoms with Gasteiger partial charge in [-0.15, -0.1) is 0 Å². The van der Waals surface area contributed by atoms with E-state index in [1.807, 2.05) is 0 Å². The maximum atomic E-state index is 13.8. The van der Waals surface area contributed by atoms with Crippen LogP contribution in [0.25, 0.3) is 0 Å². The fourth-order valence-electron chi connectivity index (χ4n) is 3.75. The predicted octanol–water partition coefficient (Wildman–Crippen LogP) is 3.09. The van der Waals surface area contributed by atoms with Gasteiger partial charge in [-0.1, -0.05) is 36.4 Å². The summed E-state index contributed by atoms with van der Waals surface area (Å²) < 4.78 is 43.6. The second kappa shape index (κ2) is 14.8. The van der Waals surface area contributed by atoms with E-state index in [9.17, 15) is 27.6 Å². The van der Waals surface area contributed by atoms with Crippen LogP contribution in [0.2, 0.25) is 0 Å². The summed E-state index contributed by atoms with van der Waals surface area (Å²) in [5, 5.41) is 4.86. The number of nitrogens with zero attached hydrogens (tertiary/aromatic N) is 1. The summed E-state index contributed by atoms with van der Waals surface area (Å²) in [5.74, 6) is -3.69. The lowest BCUT2D eigenvalue weighted by atomic mass is 10.1. The molecule has 0 radical (unpaired) electrons. The standard InChI is InChI=1S/C29H31N3O9S/c1-4-40-28(35)26(33)30-22-14-10-20(11-15-22)18-32(42(37,38)25-9-7-6-8-24(25)39-3)19-21-12-16-23(17-13-21)31-27(34)29(36)41-5-2/h6-17H,4-5,18-19H2,1-3H3,(H,30,33)(H,31,34). The summed E-state index contributed by atoms with van der Waals surface area (Å²) in [4.78, 5) is 47.0. The monoisotopic (exact) mass is 597 g/mol. The molecule has 222 valence electrons. The maximum Gasteiger partial charge on any atom is 0.397 e. The third-order valence-electron chi connectivity index (χ3n) is 5.75. The van der Waals surface area contributed by atoms with Gasteiger partial charge in [-0.05, 0) is 61.4 Å². The van der Waals surface area contributed by atoms with Crippen molar-refractivity contribution in [3.8, 4) is 5.75 Å². The molecule has 3 rings (SSSR count). The zero-order chi connectivity index (χ0) is 30.7. The third-order valence-corrected chi connectivity index (χ3v) is 7.58. The molecule has 0 aliphatic carbocycles. The minimum atomic E-state index is -4.09. The van der Waals surface area contributed by atoms with Crippen LogP contribution in [0.4, 0.5) is 11.4 Å². The number of carbonyl (C=O) groups is 4. The highest BCUT2D eigenvalue weighted by atomic mass is 32.2. The second-order valence-electron chi connectivity index (χ2n) is 8.67. The van der Waals surface area contributed by atoms with Crippen molar-refractivity contribution in [2.24, 2.45) is 0 Å². The van der Waals surface area contributed by atoms with Gasteiger partial charge in [0, 0.05) is 24.5 Å². The Morgan fingerprint density at radius 2 is 1.12 bits per heavy atom. The number of esters is 2. The lowest BCUT2D eigenvalue weighted by Crippen LogP contribution is -2.30. The van der Waals surface area contributed by atoms with Crippen molar-refractivity contribution in [1.29, 1.82) is 0 Å². The van der Waals surface area contributed by atoms with Gasteiger partial charge in [0.1, 0.15) is 10.6 Å². The highest BCUT2D eigenvalue weighted by Gasteiger charge is 2.28. The number of sulfonamides is 1. The van der Waals surface area contributed by atoms with Gasteiger partial charge in [0.05, 0.1) is 20.3 Å². The van der Waals surface area contributed by atoms with E-state index in [1.165, 1.54) is 17.5 Å². The van der Waals surface area contributed by atoms with Crippen LogP contribution < -0.4 is 15.4 Å². The topological polar surface area (TPSA) is 157 Å². The first-order valence-electron chi connectivity index (χ1n) is 12.9. The van der Waals surface area contributed by atoms with Crippen LogP contribution in [0.1, 0.15) is 25.0 Å². The summed E-state index contributed by atoms with van der Waals surface area (Å²) in [7, 11) is -2.71. The molecule has 3 aromatic rings. The first-order chi connectivity index (χ1) is 20.1. The average Bonchev–Trinajstić information content (AvgIpc) is 2.98. The third kappa shape index (κ3) is 8.38. The van der Waals surface area contributed by atoms with Crippen molar-refractivity contribution in [3.63, 3.8) is 0 Å². The van der Waals surface area contributed by atoms with Gasteiger partial charge >= 0.3 is 23.8 Å². The zero-order valence-electron chi connectivity index (χ0n) is 23.3. The Labute approximate surface area is 243 Å². The lowest BCUT2D eigenvalue weighted by Gasteiger charge is -2.24. The van der Waals surface area contributed by atoms with Crippen LogP contribution in [0.5, 0.6) is 5.75 Å². The molecule has 0 aromatic heterocycles. The lowest BCUT2D eigenvalue weighted by molar-refractivity contribution is -0.152. The molecule has 42 heavy (non-hydrogen) atoms. The van der Waals surface area contributed by atoms with E-state index >= 15 is 0 Å². The quantitative estimate of drug-likeness (QED) is 0.250. The van der Waals surface area contributed by atoms with Gasteiger partial charge in [-0.3, -0.25) is 9.59 Å². The van der Waals surface area contributed by atoms with Crippen LogP contribution in [0, 0.1) is 0 Å². The molecule has 2 N–H and O–H groups in total. The van der Waals surface area contributed by atoms with Crippen LogP contribution in [0.3, 0.4) is 0 Å². The summed E-state index contributed by atoms with van der Waals surface area (Å²) >= 11 is 0. The zero-order valence-corrected chi connectivity index (χ0v) is 24.1. The number of amides is 2. The first-order valence-corrected chi connectivity index (χ1v) is 14.3. The van der Waals surface area contributed by atoms with Crippen molar-refractivity contribution in [3.05, 3.63) is 83.9 Å². The fourth-order valence-corrected chi connectivity index (χ4v) is 5.32. The Morgan fingerprint density at radius 3 is 1.52 bits per heavy atom. The van der Waals surface area contributed by atoms with Gasteiger partial charge in [0.25, 0.3) is 0 Å². The normalized spacial score (nSPS) is 11.0. The van der Waals surface area contributed by atoms with Crippen molar-refractivity contribution in [2.45, 2.75) is 31.8 Å². The number of anilines is 2. The maximum absolute atomic E-state index is 13.8. The Balaban J connectivity index is 1.85. The minimum absolute atomic E-state index is 0.0239. The van der Waals surface area contributed by atoms with Gasteiger partial charge in [0.2, 0.25) is 10.0 Å². The largest absolute Gasteiger partial charge is 0.495 e. The van der Waals surface area contributed by atoms with Crippen molar-refractivity contribution in [2.75, 3.05) is 31.0 Å². The van der Waals surface area contributed by atoms with Gasteiger partial charge < -0.3 is 24.8 Å². The van der Waals surface area contributed by atoms with Crippen LogP contribution >= 0.6 is 0 Å². The van der Waals surface area contributed by atoms with E-state index in [0.717, 1.165) is 0 Å². The number of hydrogen-bond donors (Lipinski definition) is 2. The molecular formula is C29H31N3O9S. The van der Waals surface area contributed by atoms with Crippen LogP contribution in [-0.2, 0) is 51.8 Å². The molecule has 0 saturated carbocycles. The molecule has 0 bridgehead atoms. The predicted molar refractivity (Wildman–Crippen MR) is 153 cm³/mol. The number of hydrogen-bond acceptors (Lipinski definition) is 9. The number of methoxy groups -OCH3 is 1.